The van der Waals surface area contributed by atoms with Gasteiger partial charge in [0.2, 0.25) is 0 Å². The topological polar surface area (TPSA) is 68.8 Å². The molecule has 0 fully saturated rings. The zero-order chi connectivity index (χ0) is 14.7. The molecule has 5 nitrogen and oxygen atoms in total. The number of imidazole rings is 1. The van der Waals surface area contributed by atoms with Gasteiger partial charge >= 0.3 is 0 Å². The predicted molar refractivity (Wildman–Crippen MR) is 85.9 cm³/mol. The number of fused-ring (bicyclic) bond motifs is 1. The van der Waals surface area contributed by atoms with Gasteiger partial charge in [-0.05, 0) is 18.6 Å². The molecule has 0 aliphatic carbocycles. The fraction of sp³-hybridized carbons (Fsp3) is 0.333. The quantitative estimate of drug-likeness (QED) is 0.542. The van der Waals surface area contributed by atoms with E-state index >= 15 is 0 Å². The molecule has 0 saturated heterocycles. The Balaban J connectivity index is 1.97. The lowest BCUT2D eigenvalue weighted by Crippen LogP contribution is -2.29. The molecule has 0 spiro atoms. The van der Waals surface area contributed by atoms with Crippen molar-refractivity contribution in [3.63, 3.8) is 0 Å². The minimum absolute atomic E-state index is 0.0462. The Morgan fingerprint density at radius 3 is 2.95 bits per heavy atom. The minimum atomic E-state index is 0.0462. The van der Waals surface area contributed by atoms with Crippen LogP contribution in [0.1, 0.15) is 30.1 Å². The summed E-state index contributed by atoms with van der Waals surface area (Å²) in [6, 6.07) is 8.31. The molecular formula is C15H19N5S. The fourth-order valence-electron chi connectivity index (χ4n) is 2.58. The molecule has 21 heavy (non-hydrogen) atoms. The molecule has 0 radical (unpaired) electrons. The van der Waals surface area contributed by atoms with Crippen molar-refractivity contribution in [2.24, 2.45) is 5.84 Å². The van der Waals surface area contributed by atoms with Crippen molar-refractivity contribution in [1.29, 1.82) is 0 Å². The van der Waals surface area contributed by atoms with Gasteiger partial charge in [-0.15, -0.1) is 11.3 Å². The summed E-state index contributed by atoms with van der Waals surface area (Å²) >= 11 is 1.61. The molecule has 0 saturated carbocycles. The third-order valence-electron chi connectivity index (χ3n) is 3.56. The van der Waals surface area contributed by atoms with E-state index in [9.17, 15) is 0 Å². The average Bonchev–Trinajstić information content (AvgIpc) is 3.14. The molecule has 0 bridgehead atoms. The van der Waals surface area contributed by atoms with Crippen LogP contribution in [-0.2, 0) is 13.0 Å². The molecule has 2 heterocycles. The predicted octanol–water partition coefficient (Wildman–Crippen LogP) is 2.65. The van der Waals surface area contributed by atoms with Crippen LogP contribution in [0, 0.1) is 0 Å². The molecule has 110 valence electrons. The van der Waals surface area contributed by atoms with E-state index in [0.29, 0.717) is 0 Å². The number of nitrogens with one attached hydrogen (secondary N) is 1. The molecule has 6 heteroatoms. The molecule has 1 atom stereocenters. The molecule has 1 aromatic carbocycles. The third-order valence-corrected chi connectivity index (χ3v) is 4.45. The molecule has 3 N–H and O–H groups in total. The van der Waals surface area contributed by atoms with E-state index in [2.05, 4.69) is 40.1 Å². The van der Waals surface area contributed by atoms with Crippen LogP contribution in [0.15, 0.2) is 36.0 Å². The summed E-state index contributed by atoms with van der Waals surface area (Å²) in [5, 5.41) is 0. The van der Waals surface area contributed by atoms with Crippen molar-refractivity contribution in [1.82, 2.24) is 20.0 Å². The van der Waals surface area contributed by atoms with E-state index in [-0.39, 0.29) is 6.04 Å². The van der Waals surface area contributed by atoms with E-state index < -0.39 is 0 Å². The summed E-state index contributed by atoms with van der Waals surface area (Å²) in [6.07, 6.45) is 3.70. The largest absolute Gasteiger partial charge is 0.328 e. The molecule has 1 unspecified atom stereocenters. The van der Waals surface area contributed by atoms with Crippen molar-refractivity contribution < 1.29 is 0 Å². The van der Waals surface area contributed by atoms with Gasteiger partial charge in [-0.3, -0.25) is 16.3 Å². The van der Waals surface area contributed by atoms with Crippen molar-refractivity contribution in [3.05, 3.63) is 46.7 Å². The van der Waals surface area contributed by atoms with E-state index in [1.165, 1.54) is 5.52 Å². The Kier molecular flexibility index (Phi) is 4.28. The summed E-state index contributed by atoms with van der Waals surface area (Å²) in [5.74, 6) is 6.79. The van der Waals surface area contributed by atoms with Crippen molar-refractivity contribution in [2.45, 2.75) is 32.4 Å². The number of hydrogen-bond donors (Lipinski definition) is 2. The maximum absolute atomic E-state index is 5.72. The van der Waals surface area contributed by atoms with Gasteiger partial charge in [-0.2, -0.15) is 0 Å². The van der Waals surface area contributed by atoms with Gasteiger partial charge in [0, 0.05) is 24.0 Å². The number of thiazole rings is 1. The lowest BCUT2D eigenvalue weighted by molar-refractivity contribution is 0.526. The Bertz CT molecular complexity index is 704. The summed E-state index contributed by atoms with van der Waals surface area (Å²) < 4.78 is 2.29. The number of hydrazine groups is 1. The van der Waals surface area contributed by atoms with Gasteiger partial charge in [0.25, 0.3) is 0 Å². The first-order valence-corrected chi connectivity index (χ1v) is 8.00. The highest BCUT2D eigenvalue weighted by molar-refractivity contribution is 7.09. The van der Waals surface area contributed by atoms with Crippen LogP contribution in [0.25, 0.3) is 11.0 Å². The third kappa shape index (κ3) is 2.83. The van der Waals surface area contributed by atoms with Crippen molar-refractivity contribution in [2.75, 3.05) is 0 Å². The van der Waals surface area contributed by atoms with Gasteiger partial charge in [0.1, 0.15) is 5.82 Å². The Morgan fingerprint density at radius 1 is 1.38 bits per heavy atom. The maximum Gasteiger partial charge on any atom is 0.111 e. The highest BCUT2D eigenvalue weighted by atomic mass is 32.1. The SMILES string of the molecule is CCCn1c(CC(NN)c2cncs2)nc2ccccc21. The first-order valence-electron chi connectivity index (χ1n) is 7.12. The molecule has 3 aromatic rings. The summed E-state index contributed by atoms with van der Waals surface area (Å²) in [7, 11) is 0. The van der Waals surface area contributed by atoms with Gasteiger partial charge in [-0.25, -0.2) is 4.98 Å². The molecule has 2 aromatic heterocycles. The number of aryl methyl sites for hydroxylation is 1. The number of nitrogens with two attached hydrogens (primary N) is 1. The number of benzene rings is 1. The van der Waals surface area contributed by atoms with Crippen molar-refractivity contribution in [3.8, 4) is 0 Å². The number of nitrogens with zero attached hydrogens (tertiary/aromatic N) is 3. The maximum atomic E-state index is 5.72. The molecule has 0 aliphatic heterocycles. The second kappa shape index (κ2) is 6.34. The summed E-state index contributed by atoms with van der Waals surface area (Å²) in [4.78, 5) is 10.0. The first kappa shape index (κ1) is 14.2. The summed E-state index contributed by atoms with van der Waals surface area (Å²) in [6.45, 7) is 3.15. The summed E-state index contributed by atoms with van der Waals surface area (Å²) in [5.41, 5.74) is 6.94. The van der Waals surface area contributed by atoms with Crippen LogP contribution >= 0.6 is 11.3 Å². The number of hydrogen-bond acceptors (Lipinski definition) is 5. The van der Waals surface area contributed by atoms with E-state index in [1.54, 1.807) is 11.3 Å². The molecule has 0 aliphatic rings. The van der Waals surface area contributed by atoms with Gasteiger partial charge < -0.3 is 4.57 Å². The number of para-hydroxylation sites is 2. The Morgan fingerprint density at radius 2 is 2.24 bits per heavy atom. The number of aromatic nitrogens is 3. The second-order valence-corrected chi connectivity index (χ2v) is 5.91. The molecular weight excluding hydrogens is 282 g/mol. The van der Waals surface area contributed by atoms with Crippen molar-refractivity contribution >= 4 is 22.4 Å². The Hall–Kier alpha value is -1.76. The zero-order valence-corrected chi connectivity index (χ0v) is 12.8. The van der Waals surface area contributed by atoms with Crippen LogP contribution < -0.4 is 11.3 Å². The van der Waals surface area contributed by atoms with E-state index in [4.69, 9.17) is 10.8 Å². The fourth-order valence-corrected chi connectivity index (χ4v) is 3.26. The van der Waals surface area contributed by atoms with E-state index in [0.717, 1.165) is 35.6 Å². The van der Waals surface area contributed by atoms with Crippen LogP contribution in [0.2, 0.25) is 0 Å². The lowest BCUT2D eigenvalue weighted by Gasteiger charge is -2.15. The molecule has 0 amide bonds. The van der Waals surface area contributed by atoms with Crippen LogP contribution in [0.5, 0.6) is 0 Å². The minimum Gasteiger partial charge on any atom is -0.328 e. The van der Waals surface area contributed by atoms with Gasteiger partial charge in [0.15, 0.2) is 0 Å². The highest BCUT2D eigenvalue weighted by Crippen LogP contribution is 2.23. The highest BCUT2D eigenvalue weighted by Gasteiger charge is 2.17. The van der Waals surface area contributed by atoms with Crippen LogP contribution in [0.4, 0.5) is 0 Å². The van der Waals surface area contributed by atoms with Crippen LogP contribution in [0.3, 0.4) is 0 Å². The van der Waals surface area contributed by atoms with Crippen LogP contribution in [-0.4, -0.2) is 14.5 Å². The Labute approximate surface area is 127 Å². The smallest absolute Gasteiger partial charge is 0.111 e. The average molecular weight is 301 g/mol. The van der Waals surface area contributed by atoms with Gasteiger partial charge in [0.05, 0.1) is 22.6 Å². The van der Waals surface area contributed by atoms with Gasteiger partial charge in [-0.1, -0.05) is 19.1 Å². The molecule has 3 rings (SSSR count). The standard InChI is InChI=1S/C15H19N5S/c1-2-7-20-13-6-4-3-5-11(13)18-15(20)8-12(19-16)14-9-17-10-21-14/h3-6,9-10,12,19H,2,7-8,16H2,1H3. The second-order valence-electron chi connectivity index (χ2n) is 5.00. The first-order chi connectivity index (χ1) is 10.3. The zero-order valence-electron chi connectivity index (χ0n) is 12.0. The lowest BCUT2D eigenvalue weighted by atomic mass is 10.2. The monoisotopic (exact) mass is 301 g/mol. The van der Waals surface area contributed by atoms with E-state index in [1.807, 2.05) is 17.8 Å². The normalized spacial score (nSPS) is 12.9. The number of rotatable bonds is 6.